The summed E-state index contributed by atoms with van der Waals surface area (Å²) < 4.78 is 2.16. The lowest BCUT2D eigenvalue weighted by Crippen LogP contribution is -2.19. The van der Waals surface area contributed by atoms with Gasteiger partial charge in [-0.25, -0.2) is 4.98 Å². The third-order valence-electron chi connectivity index (χ3n) is 4.23. The highest BCUT2D eigenvalue weighted by molar-refractivity contribution is 5.70. The van der Waals surface area contributed by atoms with Crippen LogP contribution in [0.15, 0.2) is 49.1 Å². The number of aromatic nitrogens is 3. The minimum atomic E-state index is 0.892. The smallest absolute Gasteiger partial charge is 0.0922 e. The normalized spacial score (nSPS) is 13.7. The summed E-state index contributed by atoms with van der Waals surface area (Å²) in [6, 6.07) is 11.1. The first-order chi connectivity index (χ1) is 10.3. The molecule has 3 heterocycles. The van der Waals surface area contributed by atoms with E-state index in [9.17, 15) is 0 Å². The van der Waals surface area contributed by atoms with Gasteiger partial charge in [0.2, 0.25) is 0 Å². The van der Waals surface area contributed by atoms with Gasteiger partial charge in [-0.3, -0.25) is 0 Å². The fraction of sp³-hybridized carbons (Fsp3) is 0.235. The Morgan fingerprint density at radius 1 is 1.29 bits per heavy atom. The van der Waals surface area contributed by atoms with Gasteiger partial charge in [-0.05, 0) is 30.2 Å². The third kappa shape index (κ3) is 2.13. The highest BCUT2D eigenvalue weighted by Crippen LogP contribution is 2.33. The van der Waals surface area contributed by atoms with E-state index in [4.69, 9.17) is 0 Å². The average molecular weight is 278 g/mol. The molecule has 3 aromatic rings. The van der Waals surface area contributed by atoms with Crippen molar-refractivity contribution >= 4 is 5.69 Å². The lowest BCUT2D eigenvalue weighted by Gasteiger charge is -2.19. The predicted octanol–water partition coefficient (Wildman–Crippen LogP) is 2.98. The molecule has 1 aliphatic heterocycles. The van der Waals surface area contributed by atoms with E-state index in [1.54, 1.807) is 6.33 Å². The first kappa shape index (κ1) is 12.3. The van der Waals surface area contributed by atoms with Gasteiger partial charge in [-0.2, -0.15) is 0 Å². The number of nitrogens with zero attached hydrogens (tertiary/aromatic N) is 3. The molecule has 0 unspecified atom stereocenters. The van der Waals surface area contributed by atoms with Gasteiger partial charge in [0, 0.05) is 42.9 Å². The van der Waals surface area contributed by atoms with Crippen LogP contribution in [0.25, 0.3) is 11.3 Å². The second-order valence-electron chi connectivity index (χ2n) is 5.60. The fourth-order valence-corrected chi connectivity index (χ4v) is 3.11. The molecular formula is C17H18N4. The molecule has 0 spiro atoms. The van der Waals surface area contributed by atoms with Gasteiger partial charge in [0.1, 0.15) is 0 Å². The highest BCUT2D eigenvalue weighted by Gasteiger charge is 2.20. The molecule has 1 N–H and O–H groups in total. The van der Waals surface area contributed by atoms with Crippen molar-refractivity contribution in [1.82, 2.24) is 14.5 Å². The van der Waals surface area contributed by atoms with E-state index in [1.165, 1.54) is 22.5 Å². The number of imidazole rings is 1. The summed E-state index contributed by atoms with van der Waals surface area (Å²) in [6.45, 7) is 1.97. The van der Waals surface area contributed by atoms with E-state index in [1.807, 2.05) is 6.20 Å². The van der Waals surface area contributed by atoms with Crippen LogP contribution in [0, 0.1) is 0 Å². The number of hydrogen-bond donors (Lipinski definition) is 1. The maximum absolute atomic E-state index is 4.10. The van der Waals surface area contributed by atoms with Crippen molar-refractivity contribution in [3.63, 3.8) is 0 Å². The number of aromatic amines is 1. The van der Waals surface area contributed by atoms with Crippen molar-refractivity contribution in [3.8, 4) is 11.3 Å². The second-order valence-corrected chi connectivity index (χ2v) is 5.60. The number of nitrogens with one attached hydrogen (secondary N) is 1. The quantitative estimate of drug-likeness (QED) is 0.799. The molecular weight excluding hydrogens is 260 g/mol. The molecule has 0 saturated carbocycles. The van der Waals surface area contributed by atoms with Crippen LogP contribution in [-0.4, -0.2) is 21.1 Å². The Hall–Kier alpha value is -2.49. The lowest BCUT2D eigenvalue weighted by atomic mass is 10.1. The monoisotopic (exact) mass is 278 g/mol. The molecule has 0 fully saturated rings. The van der Waals surface area contributed by atoms with Crippen molar-refractivity contribution in [3.05, 3.63) is 60.3 Å². The van der Waals surface area contributed by atoms with Crippen molar-refractivity contribution in [2.75, 3.05) is 11.4 Å². The molecule has 1 aliphatic rings. The number of aryl methyl sites for hydroxylation is 1. The van der Waals surface area contributed by atoms with Crippen LogP contribution < -0.4 is 4.90 Å². The Kier molecular flexibility index (Phi) is 2.81. The van der Waals surface area contributed by atoms with Crippen molar-refractivity contribution in [2.24, 2.45) is 7.05 Å². The Bertz CT molecular complexity index is 755. The van der Waals surface area contributed by atoms with Crippen molar-refractivity contribution in [1.29, 1.82) is 0 Å². The van der Waals surface area contributed by atoms with Crippen LogP contribution in [-0.2, 0) is 20.0 Å². The first-order valence-electron chi connectivity index (χ1n) is 7.28. The van der Waals surface area contributed by atoms with E-state index >= 15 is 0 Å². The minimum absolute atomic E-state index is 0.892. The molecule has 21 heavy (non-hydrogen) atoms. The van der Waals surface area contributed by atoms with Gasteiger partial charge in [0.25, 0.3) is 0 Å². The third-order valence-corrected chi connectivity index (χ3v) is 4.23. The Balaban J connectivity index is 1.69. The summed E-state index contributed by atoms with van der Waals surface area (Å²) in [5, 5.41) is 0. The van der Waals surface area contributed by atoms with Crippen molar-refractivity contribution < 1.29 is 0 Å². The zero-order valence-corrected chi connectivity index (χ0v) is 12.1. The molecule has 0 atom stereocenters. The van der Waals surface area contributed by atoms with Crippen LogP contribution in [0.1, 0.15) is 11.3 Å². The van der Waals surface area contributed by atoms with Gasteiger partial charge in [0.15, 0.2) is 0 Å². The van der Waals surface area contributed by atoms with Gasteiger partial charge >= 0.3 is 0 Å². The summed E-state index contributed by atoms with van der Waals surface area (Å²) in [7, 11) is 2.09. The zero-order chi connectivity index (χ0) is 14.2. The van der Waals surface area contributed by atoms with E-state index in [0.717, 1.165) is 25.2 Å². The zero-order valence-electron chi connectivity index (χ0n) is 12.1. The van der Waals surface area contributed by atoms with Crippen LogP contribution in [0.4, 0.5) is 5.69 Å². The maximum atomic E-state index is 4.10. The number of rotatable bonds is 3. The van der Waals surface area contributed by atoms with Crippen LogP contribution in [0.5, 0.6) is 0 Å². The summed E-state index contributed by atoms with van der Waals surface area (Å²) in [4.78, 5) is 9.72. The van der Waals surface area contributed by atoms with Gasteiger partial charge in [-0.1, -0.05) is 12.1 Å². The van der Waals surface area contributed by atoms with Crippen molar-refractivity contribution in [2.45, 2.75) is 13.0 Å². The largest absolute Gasteiger partial charge is 0.365 e. The lowest BCUT2D eigenvalue weighted by molar-refractivity contribution is 0.819. The average Bonchev–Trinajstić information content (AvgIpc) is 3.21. The molecule has 0 radical (unpaired) electrons. The summed E-state index contributed by atoms with van der Waals surface area (Å²) in [5.74, 6) is 0. The van der Waals surface area contributed by atoms with E-state index < -0.39 is 0 Å². The number of H-pyrrole nitrogens is 1. The van der Waals surface area contributed by atoms with Crippen LogP contribution in [0.2, 0.25) is 0 Å². The molecule has 4 heteroatoms. The Morgan fingerprint density at radius 2 is 2.24 bits per heavy atom. The number of anilines is 1. The van der Waals surface area contributed by atoms with E-state index in [-0.39, 0.29) is 0 Å². The van der Waals surface area contributed by atoms with E-state index in [0.29, 0.717) is 0 Å². The molecule has 2 aromatic heterocycles. The van der Waals surface area contributed by atoms with Gasteiger partial charge in [-0.15, -0.1) is 0 Å². The fourth-order valence-electron chi connectivity index (χ4n) is 3.11. The molecule has 106 valence electrons. The summed E-state index contributed by atoms with van der Waals surface area (Å²) in [5.41, 5.74) is 6.48. The molecule has 4 nitrogen and oxygen atoms in total. The maximum Gasteiger partial charge on any atom is 0.0922 e. The summed E-state index contributed by atoms with van der Waals surface area (Å²) in [6.07, 6.45) is 6.85. The van der Waals surface area contributed by atoms with Crippen LogP contribution in [0.3, 0.4) is 0 Å². The van der Waals surface area contributed by atoms with Gasteiger partial charge in [0.05, 0.1) is 18.6 Å². The Morgan fingerprint density at radius 3 is 3.00 bits per heavy atom. The molecule has 1 aromatic carbocycles. The number of benzene rings is 1. The van der Waals surface area contributed by atoms with Crippen LogP contribution >= 0.6 is 0 Å². The Labute approximate surface area is 124 Å². The highest BCUT2D eigenvalue weighted by atomic mass is 15.2. The van der Waals surface area contributed by atoms with E-state index in [2.05, 4.69) is 63.0 Å². The topological polar surface area (TPSA) is 36.9 Å². The molecule has 0 saturated heterocycles. The summed E-state index contributed by atoms with van der Waals surface area (Å²) >= 11 is 0. The minimum Gasteiger partial charge on any atom is -0.365 e. The second kappa shape index (κ2) is 4.81. The SMILES string of the molecule is Cn1cccc1-c1ccc2c(c1)N(Cc1cnc[nH]1)CC2. The molecule has 0 aliphatic carbocycles. The van der Waals surface area contributed by atoms with Gasteiger partial charge < -0.3 is 14.5 Å². The standard InChI is InChI=1S/C17H18N4/c1-20-7-2-3-16(20)14-5-4-13-6-8-21(17(13)9-14)11-15-10-18-12-19-15/h2-5,7,9-10,12H,6,8,11H2,1H3,(H,18,19). The first-order valence-corrected chi connectivity index (χ1v) is 7.28. The molecule has 0 amide bonds. The number of hydrogen-bond acceptors (Lipinski definition) is 2. The predicted molar refractivity (Wildman–Crippen MR) is 84.2 cm³/mol. The molecule has 4 rings (SSSR count). The molecule has 0 bridgehead atoms. The number of fused-ring (bicyclic) bond motifs is 1.